The third-order valence-electron chi connectivity index (χ3n) is 3.45. The van der Waals surface area contributed by atoms with Gasteiger partial charge < -0.3 is 0 Å². The molecule has 1 saturated heterocycles. The Morgan fingerprint density at radius 1 is 0.765 bits per heavy atom. The van der Waals surface area contributed by atoms with Gasteiger partial charge in [-0.1, -0.05) is 60.7 Å². The minimum absolute atomic E-state index is 0.638. The highest BCUT2D eigenvalue weighted by molar-refractivity contribution is 7.99. The first-order valence-electron chi connectivity index (χ1n) is 6.16. The maximum absolute atomic E-state index is 2.27. The van der Waals surface area contributed by atoms with E-state index in [1.807, 2.05) is 0 Å². The quantitative estimate of drug-likeness (QED) is 0.736. The minimum atomic E-state index is 0.638. The molecule has 1 heteroatoms. The van der Waals surface area contributed by atoms with Gasteiger partial charge in [0.05, 0.1) is 0 Å². The monoisotopic (exact) mass is 240 g/mol. The Morgan fingerprint density at radius 3 is 2.00 bits per heavy atom. The average Bonchev–Trinajstić information content (AvgIpc) is 2.90. The first-order chi connectivity index (χ1) is 8.45. The summed E-state index contributed by atoms with van der Waals surface area (Å²) in [5.41, 5.74) is 2.97. The zero-order valence-corrected chi connectivity index (χ0v) is 10.6. The van der Waals surface area contributed by atoms with Gasteiger partial charge >= 0.3 is 0 Å². The minimum Gasteiger partial charge on any atom is -0.153 e. The second-order valence-corrected chi connectivity index (χ2v) is 5.76. The molecular weight excluding hydrogens is 224 g/mol. The number of hydrogen-bond acceptors (Lipinski definition) is 1. The second-order valence-electron chi connectivity index (χ2n) is 4.51. The SMILES string of the molecule is c1ccc(C2CCSC2c2ccccc2)cc1. The maximum atomic E-state index is 2.27. The van der Waals surface area contributed by atoms with Crippen LogP contribution in [0.4, 0.5) is 0 Å². The molecule has 86 valence electrons. The Balaban J connectivity index is 1.91. The van der Waals surface area contributed by atoms with Crippen molar-refractivity contribution in [3.8, 4) is 0 Å². The summed E-state index contributed by atoms with van der Waals surface area (Å²) in [6.45, 7) is 0. The van der Waals surface area contributed by atoms with Crippen molar-refractivity contribution in [1.29, 1.82) is 0 Å². The van der Waals surface area contributed by atoms with Crippen LogP contribution in [0.15, 0.2) is 60.7 Å². The van der Waals surface area contributed by atoms with Crippen LogP contribution < -0.4 is 0 Å². The normalized spacial score (nSPS) is 23.8. The van der Waals surface area contributed by atoms with Crippen LogP contribution in [0.25, 0.3) is 0 Å². The van der Waals surface area contributed by atoms with Gasteiger partial charge in [0.25, 0.3) is 0 Å². The fourth-order valence-corrected chi connectivity index (χ4v) is 4.12. The van der Waals surface area contributed by atoms with Gasteiger partial charge in [0.2, 0.25) is 0 Å². The van der Waals surface area contributed by atoms with Gasteiger partial charge in [-0.2, -0.15) is 11.8 Å². The van der Waals surface area contributed by atoms with Gasteiger partial charge in [0.1, 0.15) is 0 Å². The molecule has 1 aliphatic heterocycles. The van der Waals surface area contributed by atoms with E-state index in [0.29, 0.717) is 11.2 Å². The van der Waals surface area contributed by atoms with Crippen LogP contribution in [0.2, 0.25) is 0 Å². The van der Waals surface area contributed by atoms with E-state index < -0.39 is 0 Å². The Bertz CT molecular complexity index is 418. The molecule has 17 heavy (non-hydrogen) atoms. The van der Waals surface area contributed by atoms with Crippen molar-refractivity contribution in [2.24, 2.45) is 0 Å². The number of rotatable bonds is 2. The van der Waals surface area contributed by atoms with E-state index in [1.54, 1.807) is 0 Å². The molecule has 1 heterocycles. The maximum Gasteiger partial charge on any atom is 0.0366 e. The van der Waals surface area contributed by atoms with Gasteiger partial charge in [-0.15, -0.1) is 0 Å². The van der Waals surface area contributed by atoms with E-state index in [-0.39, 0.29) is 0 Å². The summed E-state index contributed by atoms with van der Waals surface area (Å²) in [5, 5.41) is 0.638. The fraction of sp³-hybridized carbons (Fsp3) is 0.250. The van der Waals surface area contributed by atoms with Crippen LogP contribution in [0.3, 0.4) is 0 Å². The Hall–Kier alpha value is -1.21. The van der Waals surface area contributed by atoms with Crippen molar-refractivity contribution in [2.75, 3.05) is 5.75 Å². The molecule has 0 N–H and O–H groups in total. The summed E-state index contributed by atoms with van der Waals surface area (Å²) in [5.74, 6) is 1.96. The highest BCUT2D eigenvalue weighted by Gasteiger charge is 2.29. The van der Waals surface area contributed by atoms with Crippen LogP contribution in [-0.2, 0) is 0 Å². The molecule has 2 aromatic rings. The molecule has 2 unspecified atom stereocenters. The molecule has 0 aliphatic carbocycles. The fourth-order valence-electron chi connectivity index (χ4n) is 2.60. The molecule has 1 aliphatic rings. The first kappa shape index (κ1) is 10.9. The summed E-state index contributed by atoms with van der Waals surface area (Å²) in [7, 11) is 0. The lowest BCUT2D eigenvalue weighted by Crippen LogP contribution is -2.02. The lowest BCUT2D eigenvalue weighted by molar-refractivity contribution is 0.685. The zero-order valence-electron chi connectivity index (χ0n) is 9.75. The van der Waals surface area contributed by atoms with Crippen molar-refractivity contribution in [3.05, 3.63) is 71.8 Å². The lowest BCUT2D eigenvalue weighted by atomic mass is 9.90. The molecule has 0 spiro atoms. The predicted molar refractivity (Wildman–Crippen MR) is 75.4 cm³/mol. The van der Waals surface area contributed by atoms with E-state index in [9.17, 15) is 0 Å². The summed E-state index contributed by atoms with van der Waals surface area (Å²) >= 11 is 2.10. The number of thioether (sulfide) groups is 1. The molecule has 0 saturated carbocycles. The van der Waals surface area contributed by atoms with Gasteiger partial charge in [-0.25, -0.2) is 0 Å². The first-order valence-corrected chi connectivity index (χ1v) is 7.21. The Morgan fingerprint density at radius 2 is 1.35 bits per heavy atom. The third-order valence-corrected chi connectivity index (χ3v) is 4.88. The molecule has 0 aromatic heterocycles. The Labute approximate surface area is 107 Å². The van der Waals surface area contributed by atoms with E-state index in [4.69, 9.17) is 0 Å². The topological polar surface area (TPSA) is 0 Å². The molecule has 0 radical (unpaired) electrons. The zero-order chi connectivity index (χ0) is 11.5. The van der Waals surface area contributed by atoms with Crippen LogP contribution in [0.5, 0.6) is 0 Å². The molecule has 2 atom stereocenters. The average molecular weight is 240 g/mol. The van der Waals surface area contributed by atoms with Gasteiger partial charge in [-0.05, 0) is 23.3 Å². The van der Waals surface area contributed by atoms with E-state index in [0.717, 1.165) is 0 Å². The van der Waals surface area contributed by atoms with E-state index in [1.165, 1.54) is 23.3 Å². The van der Waals surface area contributed by atoms with Crippen LogP contribution >= 0.6 is 11.8 Å². The second kappa shape index (κ2) is 4.97. The molecule has 0 amide bonds. The summed E-state index contributed by atoms with van der Waals surface area (Å²) in [4.78, 5) is 0. The molecule has 0 bridgehead atoms. The van der Waals surface area contributed by atoms with Gasteiger partial charge in [-0.3, -0.25) is 0 Å². The van der Waals surface area contributed by atoms with Crippen molar-refractivity contribution >= 4 is 11.8 Å². The molecule has 3 rings (SSSR count). The van der Waals surface area contributed by atoms with Crippen LogP contribution in [0.1, 0.15) is 28.7 Å². The third kappa shape index (κ3) is 2.25. The number of benzene rings is 2. The van der Waals surface area contributed by atoms with Crippen LogP contribution in [-0.4, -0.2) is 5.75 Å². The summed E-state index contributed by atoms with van der Waals surface area (Å²) < 4.78 is 0. The lowest BCUT2D eigenvalue weighted by Gasteiger charge is -2.19. The van der Waals surface area contributed by atoms with Crippen molar-refractivity contribution in [2.45, 2.75) is 17.6 Å². The summed E-state index contributed by atoms with van der Waals surface area (Å²) in [6, 6.07) is 21.9. The highest BCUT2D eigenvalue weighted by atomic mass is 32.2. The van der Waals surface area contributed by atoms with E-state index >= 15 is 0 Å². The largest absolute Gasteiger partial charge is 0.153 e. The molecule has 0 nitrogen and oxygen atoms in total. The van der Waals surface area contributed by atoms with Crippen molar-refractivity contribution < 1.29 is 0 Å². The predicted octanol–water partition coefficient (Wildman–Crippen LogP) is 4.65. The smallest absolute Gasteiger partial charge is 0.0366 e. The molecule has 2 aromatic carbocycles. The van der Waals surface area contributed by atoms with Gasteiger partial charge in [0.15, 0.2) is 0 Å². The summed E-state index contributed by atoms with van der Waals surface area (Å²) in [6.07, 6.45) is 1.30. The van der Waals surface area contributed by atoms with E-state index in [2.05, 4.69) is 72.4 Å². The van der Waals surface area contributed by atoms with Gasteiger partial charge in [0, 0.05) is 11.2 Å². The van der Waals surface area contributed by atoms with Crippen molar-refractivity contribution in [1.82, 2.24) is 0 Å². The van der Waals surface area contributed by atoms with Crippen LogP contribution in [0, 0.1) is 0 Å². The standard InChI is InChI=1S/C16H16S/c1-3-7-13(8-4-1)15-11-12-17-16(15)14-9-5-2-6-10-14/h1-10,15-16H,11-12H2. The molecular formula is C16H16S. The highest BCUT2D eigenvalue weighted by Crippen LogP contribution is 2.49. The Kier molecular flexibility index (Phi) is 3.19. The molecule has 1 fully saturated rings. The van der Waals surface area contributed by atoms with Crippen molar-refractivity contribution in [3.63, 3.8) is 0 Å². The number of hydrogen-bond donors (Lipinski definition) is 0.